The van der Waals surface area contributed by atoms with E-state index in [-0.39, 0.29) is 12.5 Å². The molecule has 0 bridgehead atoms. The van der Waals surface area contributed by atoms with Crippen LogP contribution < -0.4 is 10.2 Å². The molecule has 9 heteroatoms. The summed E-state index contributed by atoms with van der Waals surface area (Å²) in [6.07, 6.45) is 72.3. The molecule has 3 unspecified atom stereocenters. The van der Waals surface area contributed by atoms with E-state index in [1.165, 1.54) is 38.5 Å². The molecule has 8 nitrogen and oxygen atoms in total. The van der Waals surface area contributed by atoms with Gasteiger partial charge in [0.1, 0.15) is 13.2 Å². The molecule has 0 rings (SSSR count). The van der Waals surface area contributed by atoms with E-state index >= 15 is 0 Å². The van der Waals surface area contributed by atoms with Gasteiger partial charge in [-0.15, -0.1) is 0 Å². The molecular weight excluding hydrogens is 852 g/mol. The Morgan fingerprint density at radius 1 is 0.537 bits per heavy atom. The summed E-state index contributed by atoms with van der Waals surface area (Å²) < 4.78 is 23.2. The molecule has 3 atom stereocenters. The third-order valence-corrected chi connectivity index (χ3v) is 11.5. The van der Waals surface area contributed by atoms with Gasteiger partial charge in [0, 0.05) is 6.42 Å². The van der Waals surface area contributed by atoms with Gasteiger partial charge in [0.25, 0.3) is 7.82 Å². The summed E-state index contributed by atoms with van der Waals surface area (Å²) in [4.78, 5) is 25.4. The molecule has 0 heterocycles. The maximum Gasteiger partial charge on any atom is 0.268 e. The molecule has 0 radical (unpaired) electrons. The number of phosphoric ester groups is 1. The summed E-state index contributed by atoms with van der Waals surface area (Å²) in [6.45, 7) is 4.44. The molecule has 0 saturated heterocycles. The number of nitrogens with one attached hydrogen (secondary N) is 1. The van der Waals surface area contributed by atoms with Crippen LogP contribution in [0, 0.1) is 0 Å². The fourth-order valence-corrected chi connectivity index (χ4v) is 7.21. The minimum atomic E-state index is -4.62. The van der Waals surface area contributed by atoms with Gasteiger partial charge in [0.15, 0.2) is 0 Å². The minimum Gasteiger partial charge on any atom is -0.756 e. The summed E-state index contributed by atoms with van der Waals surface area (Å²) in [5, 5.41) is 13.8. The second-order valence-corrected chi connectivity index (χ2v) is 19.5. The van der Waals surface area contributed by atoms with Crippen LogP contribution in [0.2, 0.25) is 0 Å². The van der Waals surface area contributed by atoms with Crippen LogP contribution in [-0.4, -0.2) is 68.5 Å². The number of aliphatic hydroxyl groups excluding tert-OH is 1. The van der Waals surface area contributed by atoms with Crippen LogP contribution in [0.1, 0.15) is 174 Å². The molecule has 0 aromatic rings. The summed E-state index contributed by atoms with van der Waals surface area (Å²) in [6, 6.07) is -0.934. The lowest BCUT2D eigenvalue weighted by Crippen LogP contribution is -2.45. The fourth-order valence-electron chi connectivity index (χ4n) is 6.49. The Morgan fingerprint density at radius 3 is 1.39 bits per heavy atom. The molecule has 380 valence electrons. The number of phosphoric acid groups is 1. The Morgan fingerprint density at radius 2 is 0.925 bits per heavy atom. The van der Waals surface area contributed by atoms with Gasteiger partial charge in [-0.25, -0.2) is 0 Å². The first kappa shape index (κ1) is 63.6. The van der Waals surface area contributed by atoms with E-state index in [9.17, 15) is 19.4 Å². The number of hydrogen-bond donors (Lipinski definition) is 2. The largest absolute Gasteiger partial charge is 0.756 e. The quantitative estimate of drug-likeness (QED) is 0.0272. The van der Waals surface area contributed by atoms with Crippen molar-refractivity contribution >= 4 is 13.7 Å². The number of unbranched alkanes of at least 4 members (excludes halogenated alkanes) is 12. The number of hydrogen-bond acceptors (Lipinski definition) is 6. The lowest BCUT2D eigenvalue weighted by molar-refractivity contribution is -0.870. The Balaban J connectivity index is 4.42. The van der Waals surface area contributed by atoms with Gasteiger partial charge in [-0.2, -0.15) is 0 Å². The third-order valence-electron chi connectivity index (χ3n) is 10.6. The summed E-state index contributed by atoms with van der Waals surface area (Å²) in [5.41, 5.74) is 0. The Hall–Kier alpha value is -3.36. The zero-order chi connectivity index (χ0) is 49.2. The van der Waals surface area contributed by atoms with E-state index in [0.29, 0.717) is 30.3 Å². The highest BCUT2D eigenvalue weighted by molar-refractivity contribution is 7.45. The zero-order valence-electron chi connectivity index (χ0n) is 43.0. The molecule has 0 aliphatic carbocycles. The van der Waals surface area contributed by atoms with Crippen molar-refractivity contribution in [1.29, 1.82) is 0 Å². The SMILES string of the molecule is CC/C=C\C/C=C\C/C=C\C/C=C\C/C=C\C/C=C\C/C=C\C/C=C\CCCCCCC(=O)NC(COP(=O)([O-])OCC[N+](C)(C)C)C(O)/C=C/CC/C=C/CC/C=C/CCCCCCCC. The Kier molecular flexibility index (Phi) is 45.3. The van der Waals surface area contributed by atoms with Crippen molar-refractivity contribution in [3.05, 3.63) is 134 Å². The van der Waals surface area contributed by atoms with Gasteiger partial charge < -0.3 is 28.8 Å². The van der Waals surface area contributed by atoms with Crippen LogP contribution in [0.3, 0.4) is 0 Å². The average molecular weight is 949 g/mol. The van der Waals surface area contributed by atoms with Gasteiger partial charge >= 0.3 is 0 Å². The number of quaternary nitrogens is 1. The summed E-state index contributed by atoms with van der Waals surface area (Å²) in [5.74, 6) is -0.243. The van der Waals surface area contributed by atoms with Crippen molar-refractivity contribution in [1.82, 2.24) is 5.32 Å². The second kappa shape index (κ2) is 47.7. The normalized spacial score (nSPS) is 15.1. The van der Waals surface area contributed by atoms with E-state index in [1.807, 2.05) is 27.2 Å². The van der Waals surface area contributed by atoms with E-state index in [2.05, 4.69) is 141 Å². The molecule has 0 spiro atoms. The van der Waals surface area contributed by atoms with Crippen molar-refractivity contribution in [2.24, 2.45) is 0 Å². The lowest BCUT2D eigenvalue weighted by atomic mass is 10.1. The average Bonchev–Trinajstić information content (AvgIpc) is 3.29. The lowest BCUT2D eigenvalue weighted by Gasteiger charge is -2.29. The monoisotopic (exact) mass is 949 g/mol. The van der Waals surface area contributed by atoms with Gasteiger partial charge in [-0.05, 0) is 109 Å². The first-order valence-electron chi connectivity index (χ1n) is 26.0. The zero-order valence-corrected chi connectivity index (χ0v) is 43.9. The first-order chi connectivity index (χ1) is 32.5. The predicted octanol–water partition coefficient (Wildman–Crippen LogP) is 15.0. The maximum absolute atomic E-state index is 12.9. The Labute approximate surface area is 411 Å². The van der Waals surface area contributed by atoms with Crippen molar-refractivity contribution in [2.45, 2.75) is 187 Å². The molecule has 0 aromatic carbocycles. The van der Waals surface area contributed by atoms with Crippen LogP contribution in [0.4, 0.5) is 0 Å². The van der Waals surface area contributed by atoms with Gasteiger partial charge in [0.05, 0.1) is 39.9 Å². The van der Waals surface area contributed by atoms with Crippen molar-refractivity contribution in [3.63, 3.8) is 0 Å². The van der Waals surface area contributed by atoms with Crippen LogP contribution in [-0.2, 0) is 18.4 Å². The van der Waals surface area contributed by atoms with Gasteiger partial charge in [-0.1, -0.05) is 192 Å². The predicted molar refractivity (Wildman–Crippen MR) is 288 cm³/mol. The first-order valence-corrected chi connectivity index (χ1v) is 27.5. The van der Waals surface area contributed by atoms with E-state index in [0.717, 1.165) is 103 Å². The minimum absolute atomic E-state index is 0.0225. The standard InChI is InChI=1S/C58H97N2O6P/c1-6-8-10-12-14-16-18-20-22-24-25-26-27-28-29-30-31-32-33-34-35-36-38-40-42-44-46-48-50-52-58(62)59-56(55-66-67(63,64)65-54-53-60(3,4)5)57(61)51-49-47-45-43-41-39-37-23-21-19-17-15-13-11-9-7-2/h8,10,14,16,20-23,25-26,28-29,31-32,34-35,38,40-41,43,49,51,56-57,61H,6-7,9,11-13,15,17-19,24,27,30,33,36-37,39,42,44-48,50,52-55H2,1-5H3,(H-,59,62,63,64)/b10-8-,16-14-,22-20-,23-21+,26-25-,29-28-,32-31-,35-34-,40-38-,43-41+,51-49+. The van der Waals surface area contributed by atoms with Crippen LogP contribution in [0.15, 0.2) is 134 Å². The highest BCUT2D eigenvalue weighted by atomic mass is 31.2. The molecule has 67 heavy (non-hydrogen) atoms. The van der Waals surface area contributed by atoms with Crippen LogP contribution in [0.25, 0.3) is 0 Å². The van der Waals surface area contributed by atoms with Crippen molar-refractivity contribution < 1.29 is 32.9 Å². The summed E-state index contributed by atoms with van der Waals surface area (Å²) in [7, 11) is 1.19. The molecular formula is C58H97N2O6P. The number of rotatable bonds is 45. The number of allylic oxidation sites excluding steroid dienone is 21. The van der Waals surface area contributed by atoms with Crippen molar-refractivity contribution in [2.75, 3.05) is 40.9 Å². The smallest absolute Gasteiger partial charge is 0.268 e. The number of carbonyl (C=O) groups excluding carboxylic acids is 1. The molecule has 0 aliphatic rings. The number of amides is 1. The molecule has 0 saturated carbocycles. The number of carbonyl (C=O) groups is 1. The van der Waals surface area contributed by atoms with Gasteiger partial charge in [-0.3, -0.25) is 9.36 Å². The topological polar surface area (TPSA) is 108 Å². The van der Waals surface area contributed by atoms with Crippen LogP contribution in [0.5, 0.6) is 0 Å². The number of aliphatic hydroxyl groups is 1. The fraction of sp³-hybridized carbons (Fsp3) is 0.603. The number of nitrogens with zero attached hydrogens (tertiary/aromatic N) is 1. The van der Waals surface area contributed by atoms with Crippen molar-refractivity contribution in [3.8, 4) is 0 Å². The van der Waals surface area contributed by atoms with Gasteiger partial charge in [0.2, 0.25) is 5.91 Å². The molecule has 0 aromatic heterocycles. The highest BCUT2D eigenvalue weighted by Gasteiger charge is 2.23. The van der Waals surface area contributed by atoms with E-state index in [4.69, 9.17) is 9.05 Å². The molecule has 1 amide bonds. The van der Waals surface area contributed by atoms with E-state index in [1.54, 1.807) is 6.08 Å². The molecule has 2 N–H and O–H groups in total. The second-order valence-electron chi connectivity index (χ2n) is 18.1. The Bertz CT molecular complexity index is 1540. The number of likely N-dealkylation sites (N-methyl/N-ethyl adjacent to an activating group) is 1. The summed E-state index contributed by atoms with van der Waals surface area (Å²) >= 11 is 0. The highest BCUT2D eigenvalue weighted by Crippen LogP contribution is 2.38. The molecule has 0 fully saturated rings. The molecule has 0 aliphatic heterocycles. The van der Waals surface area contributed by atoms with Crippen LogP contribution >= 0.6 is 7.82 Å². The third kappa shape index (κ3) is 50.3. The van der Waals surface area contributed by atoms with E-state index < -0.39 is 26.6 Å². The maximum atomic E-state index is 12.9.